The highest BCUT2D eigenvalue weighted by Gasteiger charge is 2.46. The van der Waals surface area contributed by atoms with E-state index in [1.165, 1.54) is 0 Å². The van der Waals surface area contributed by atoms with Crippen molar-refractivity contribution in [2.24, 2.45) is 0 Å². The first-order valence-electron chi connectivity index (χ1n) is 6.34. The minimum Gasteiger partial charge on any atom is -0.461 e. The minimum absolute atomic E-state index is 0.558. The lowest BCUT2D eigenvalue weighted by Crippen LogP contribution is -2.05. The van der Waals surface area contributed by atoms with Crippen LogP contribution in [0.3, 0.4) is 0 Å². The maximum absolute atomic E-state index is 10.6. The van der Waals surface area contributed by atoms with Crippen molar-refractivity contribution in [1.82, 2.24) is 0 Å². The molecule has 0 amide bonds. The lowest BCUT2D eigenvalue weighted by atomic mass is 10.00. The van der Waals surface area contributed by atoms with Gasteiger partial charge in [-0.2, -0.15) is 0 Å². The molecule has 3 nitrogen and oxygen atoms in total. The van der Waals surface area contributed by atoms with E-state index in [9.17, 15) is 5.11 Å². The highest BCUT2D eigenvalue weighted by molar-refractivity contribution is 6.40. The Balaban J connectivity index is 2.27. The number of aliphatic hydroxyl groups is 1. The molecule has 0 aliphatic heterocycles. The maximum Gasteiger partial charge on any atom is 0.154 e. The van der Waals surface area contributed by atoms with E-state index in [1.807, 2.05) is 26.0 Å². The molecule has 1 aliphatic rings. The predicted octanol–water partition coefficient (Wildman–Crippen LogP) is 4.43. The molecule has 98 valence electrons. The van der Waals surface area contributed by atoms with Crippen LogP contribution in [0.2, 0.25) is 5.02 Å². The quantitative estimate of drug-likeness (QED) is 0.715. The van der Waals surface area contributed by atoms with Gasteiger partial charge in [-0.1, -0.05) is 11.6 Å². The van der Waals surface area contributed by atoms with Gasteiger partial charge < -0.3 is 13.9 Å². The van der Waals surface area contributed by atoms with Gasteiger partial charge in [-0.05, 0) is 38.8 Å². The smallest absolute Gasteiger partial charge is 0.154 e. The molecule has 1 saturated carbocycles. The van der Waals surface area contributed by atoms with Crippen molar-refractivity contribution in [2.45, 2.75) is 32.3 Å². The number of hydrogen-bond acceptors (Lipinski definition) is 3. The summed E-state index contributed by atoms with van der Waals surface area (Å²) < 4.78 is 11.5. The van der Waals surface area contributed by atoms with Crippen LogP contribution >= 0.6 is 11.6 Å². The number of benzene rings is 1. The Morgan fingerprint density at radius 1 is 1.05 bits per heavy atom. The number of rotatable bonds is 1. The molecule has 3 aromatic rings. The molecule has 0 bridgehead atoms. The Morgan fingerprint density at radius 3 is 2.26 bits per heavy atom. The molecule has 2 heterocycles. The summed E-state index contributed by atoms with van der Waals surface area (Å²) >= 11 is 6.41. The highest BCUT2D eigenvalue weighted by atomic mass is 35.5. The predicted molar refractivity (Wildman–Crippen MR) is 73.6 cm³/mol. The van der Waals surface area contributed by atoms with E-state index in [0.29, 0.717) is 16.2 Å². The summed E-state index contributed by atoms with van der Waals surface area (Å²) in [4.78, 5) is 0. The summed E-state index contributed by atoms with van der Waals surface area (Å²) in [5.41, 5.74) is 1.37. The second-order valence-corrected chi connectivity index (χ2v) is 5.80. The maximum atomic E-state index is 10.6. The average molecular weight is 277 g/mol. The average Bonchev–Trinajstić information content (AvgIpc) is 2.79. The lowest BCUT2D eigenvalue weighted by Gasteiger charge is -2.11. The number of aryl methyl sites for hydroxylation is 2. The summed E-state index contributed by atoms with van der Waals surface area (Å²) in [5.74, 6) is 1.57. The first kappa shape index (κ1) is 11.4. The molecule has 0 radical (unpaired) electrons. The summed E-state index contributed by atoms with van der Waals surface area (Å²) in [6.45, 7) is 3.76. The van der Waals surface area contributed by atoms with Crippen molar-refractivity contribution >= 4 is 33.5 Å². The van der Waals surface area contributed by atoms with Crippen molar-refractivity contribution in [1.29, 1.82) is 0 Å². The normalized spacial score (nSPS) is 17.5. The molecule has 1 fully saturated rings. The summed E-state index contributed by atoms with van der Waals surface area (Å²) in [6.07, 6.45) is 1.51. The van der Waals surface area contributed by atoms with Gasteiger partial charge in [-0.15, -0.1) is 0 Å². The molecule has 1 N–H and O–H groups in total. The minimum atomic E-state index is -0.790. The Labute approximate surface area is 114 Å². The van der Waals surface area contributed by atoms with Gasteiger partial charge in [0.2, 0.25) is 0 Å². The van der Waals surface area contributed by atoms with Crippen LogP contribution in [-0.4, -0.2) is 5.11 Å². The molecule has 4 rings (SSSR count). The molecular weight excluding hydrogens is 264 g/mol. The molecule has 0 saturated heterocycles. The fraction of sp³-hybridized carbons (Fsp3) is 0.333. The highest BCUT2D eigenvalue weighted by Crippen LogP contribution is 2.52. The Kier molecular flexibility index (Phi) is 2.01. The monoisotopic (exact) mass is 276 g/mol. The van der Waals surface area contributed by atoms with Gasteiger partial charge in [0.1, 0.15) is 17.1 Å². The van der Waals surface area contributed by atoms with Crippen LogP contribution in [0.4, 0.5) is 0 Å². The van der Waals surface area contributed by atoms with Crippen molar-refractivity contribution in [3.8, 4) is 0 Å². The van der Waals surface area contributed by atoms with E-state index in [1.54, 1.807) is 0 Å². The molecule has 0 spiro atoms. The van der Waals surface area contributed by atoms with Gasteiger partial charge in [0, 0.05) is 16.3 Å². The Hall–Kier alpha value is -1.45. The molecule has 4 heteroatoms. The van der Waals surface area contributed by atoms with Gasteiger partial charge in [0.25, 0.3) is 0 Å². The Morgan fingerprint density at radius 2 is 1.63 bits per heavy atom. The number of hydrogen-bond donors (Lipinski definition) is 1. The summed E-state index contributed by atoms with van der Waals surface area (Å²) in [6, 6.07) is 3.81. The van der Waals surface area contributed by atoms with Crippen LogP contribution in [0.25, 0.3) is 21.9 Å². The summed E-state index contributed by atoms with van der Waals surface area (Å²) in [7, 11) is 0. The molecule has 0 atom stereocenters. The van der Waals surface area contributed by atoms with Gasteiger partial charge in [0.15, 0.2) is 5.58 Å². The first-order valence-corrected chi connectivity index (χ1v) is 6.72. The molecule has 0 unspecified atom stereocenters. The van der Waals surface area contributed by atoms with Crippen molar-refractivity contribution in [3.63, 3.8) is 0 Å². The number of fused-ring (bicyclic) bond motifs is 2. The second kappa shape index (κ2) is 3.35. The third kappa shape index (κ3) is 1.43. The third-order valence-corrected chi connectivity index (χ3v) is 4.21. The van der Waals surface area contributed by atoms with Gasteiger partial charge >= 0.3 is 0 Å². The van der Waals surface area contributed by atoms with Crippen LogP contribution in [0.5, 0.6) is 0 Å². The first-order chi connectivity index (χ1) is 8.99. The summed E-state index contributed by atoms with van der Waals surface area (Å²) in [5, 5.41) is 12.8. The largest absolute Gasteiger partial charge is 0.461 e. The van der Waals surface area contributed by atoms with Crippen LogP contribution in [0.1, 0.15) is 29.9 Å². The molecule has 1 aromatic carbocycles. The zero-order chi connectivity index (χ0) is 13.4. The van der Waals surface area contributed by atoms with Gasteiger partial charge in [-0.25, -0.2) is 0 Å². The van der Waals surface area contributed by atoms with E-state index in [-0.39, 0.29) is 0 Å². The molecule has 19 heavy (non-hydrogen) atoms. The van der Waals surface area contributed by atoms with Crippen molar-refractivity contribution in [2.75, 3.05) is 0 Å². The van der Waals surface area contributed by atoms with Crippen LogP contribution in [0.15, 0.2) is 21.0 Å². The standard InChI is InChI=1S/C15H13ClO3/c1-7-5-9-11(15(17)3-4-15)13-10(6-8(2)18-13)12(16)14(9)19-7/h5-6,17H,3-4H2,1-2H3. The third-order valence-electron chi connectivity index (χ3n) is 3.83. The van der Waals surface area contributed by atoms with E-state index in [0.717, 1.165) is 40.7 Å². The van der Waals surface area contributed by atoms with Crippen molar-refractivity contribution in [3.05, 3.63) is 34.2 Å². The van der Waals surface area contributed by atoms with E-state index in [2.05, 4.69) is 0 Å². The zero-order valence-corrected chi connectivity index (χ0v) is 11.5. The van der Waals surface area contributed by atoms with Gasteiger partial charge in [-0.3, -0.25) is 0 Å². The van der Waals surface area contributed by atoms with Crippen LogP contribution in [0, 0.1) is 13.8 Å². The van der Waals surface area contributed by atoms with E-state index >= 15 is 0 Å². The lowest BCUT2D eigenvalue weighted by molar-refractivity contribution is 0.153. The van der Waals surface area contributed by atoms with E-state index < -0.39 is 5.60 Å². The molecular formula is C15H13ClO3. The van der Waals surface area contributed by atoms with Crippen LogP contribution < -0.4 is 0 Å². The second-order valence-electron chi connectivity index (χ2n) is 5.42. The fourth-order valence-electron chi connectivity index (χ4n) is 2.80. The topological polar surface area (TPSA) is 46.5 Å². The molecule has 2 aromatic heterocycles. The fourth-order valence-corrected chi connectivity index (χ4v) is 3.08. The number of halogens is 1. The van der Waals surface area contributed by atoms with Crippen LogP contribution in [-0.2, 0) is 5.60 Å². The van der Waals surface area contributed by atoms with Crippen molar-refractivity contribution < 1.29 is 13.9 Å². The van der Waals surface area contributed by atoms with E-state index in [4.69, 9.17) is 20.4 Å². The Bertz CT molecular complexity index is 763. The SMILES string of the molecule is Cc1cc2c(C3(O)CC3)c3oc(C)cc3c(Cl)c2o1. The molecule has 1 aliphatic carbocycles. The zero-order valence-electron chi connectivity index (χ0n) is 10.7. The number of furan rings is 2. The van der Waals surface area contributed by atoms with Gasteiger partial charge in [0.05, 0.1) is 10.6 Å².